The molecule has 7 nitrogen and oxygen atoms in total. The third kappa shape index (κ3) is 2.94. The molecule has 0 saturated heterocycles. The van der Waals surface area contributed by atoms with E-state index in [1.165, 1.54) is 18.2 Å². The molecule has 0 aliphatic carbocycles. The summed E-state index contributed by atoms with van der Waals surface area (Å²) in [6, 6.07) is 13.0. The van der Waals surface area contributed by atoms with Crippen molar-refractivity contribution < 1.29 is 19.2 Å². The van der Waals surface area contributed by atoms with Crippen molar-refractivity contribution in [3.8, 4) is 11.5 Å². The van der Waals surface area contributed by atoms with Gasteiger partial charge in [-0.05, 0) is 25.1 Å². The van der Waals surface area contributed by atoms with Crippen molar-refractivity contribution in [2.45, 2.75) is 19.1 Å². The molecular weight excluding hydrogens is 300 g/mol. The highest BCUT2D eigenvalue weighted by Crippen LogP contribution is 2.34. The fraction of sp³-hybridized carbons (Fsp3) is 0.188. The second-order valence-corrected chi connectivity index (χ2v) is 5.07. The average Bonchev–Trinajstić information content (AvgIpc) is 2.54. The second-order valence-electron chi connectivity index (χ2n) is 5.07. The van der Waals surface area contributed by atoms with Gasteiger partial charge in [-0.3, -0.25) is 14.9 Å². The Bertz CT molecular complexity index is 762. The van der Waals surface area contributed by atoms with Crippen molar-refractivity contribution in [1.82, 2.24) is 0 Å². The molecule has 0 radical (unpaired) electrons. The van der Waals surface area contributed by atoms with Crippen LogP contribution in [0.15, 0.2) is 48.5 Å². The van der Waals surface area contributed by atoms with Crippen LogP contribution in [0.1, 0.15) is 6.92 Å². The minimum Gasteiger partial charge on any atom is -0.482 e. The maximum atomic E-state index is 12.4. The van der Waals surface area contributed by atoms with Gasteiger partial charge in [-0.2, -0.15) is 0 Å². The molecule has 0 bridgehead atoms. The summed E-state index contributed by atoms with van der Waals surface area (Å²) in [5.74, 6) is 0.532. The molecule has 0 saturated carbocycles. The van der Waals surface area contributed by atoms with E-state index < -0.39 is 23.0 Å². The molecule has 1 amide bonds. The molecule has 1 heterocycles. The average molecular weight is 314 g/mol. The van der Waals surface area contributed by atoms with Crippen LogP contribution in [0, 0.1) is 10.1 Å². The molecular formula is C16H14N2O5. The number of carbonyl (C=O) groups is 1. The van der Waals surface area contributed by atoms with Gasteiger partial charge >= 0.3 is 0 Å². The molecule has 118 valence electrons. The molecule has 7 heteroatoms. The smallest absolute Gasteiger partial charge is 0.292 e. The van der Waals surface area contributed by atoms with Crippen LogP contribution >= 0.6 is 0 Å². The predicted molar refractivity (Wildman–Crippen MR) is 82.7 cm³/mol. The van der Waals surface area contributed by atoms with Gasteiger partial charge in [0.2, 0.25) is 6.10 Å². The zero-order valence-electron chi connectivity index (χ0n) is 12.3. The molecule has 0 fully saturated rings. The van der Waals surface area contributed by atoms with E-state index in [9.17, 15) is 14.9 Å². The molecule has 2 aromatic rings. The van der Waals surface area contributed by atoms with E-state index in [0.717, 1.165) is 0 Å². The van der Waals surface area contributed by atoms with E-state index in [4.69, 9.17) is 9.47 Å². The number of amides is 1. The zero-order valence-corrected chi connectivity index (χ0v) is 12.3. The predicted octanol–water partition coefficient (Wildman–Crippen LogP) is 2.76. The van der Waals surface area contributed by atoms with Gasteiger partial charge in [0.1, 0.15) is 11.8 Å². The van der Waals surface area contributed by atoms with Crippen LogP contribution in [0.2, 0.25) is 0 Å². The van der Waals surface area contributed by atoms with Gasteiger partial charge in [-0.15, -0.1) is 0 Å². The highest BCUT2D eigenvalue weighted by molar-refractivity contribution is 5.96. The van der Waals surface area contributed by atoms with Crippen LogP contribution in [0.25, 0.3) is 0 Å². The number of hydrogen-bond acceptors (Lipinski definition) is 5. The largest absolute Gasteiger partial charge is 0.482 e. The Morgan fingerprint density at radius 2 is 1.70 bits per heavy atom. The van der Waals surface area contributed by atoms with Crippen LogP contribution in [0.4, 0.5) is 11.4 Å². The Morgan fingerprint density at radius 3 is 2.39 bits per heavy atom. The summed E-state index contributed by atoms with van der Waals surface area (Å²) >= 11 is 0. The van der Waals surface area contributed by atoms with Crippen LogP contribution in [0.5, 0.6) is 11.5 Å². The first-order valence-corrected chi connectivity index (χ1v) is 7.03. The number of fused-ring (bicyclic) bond motifs is 1. The number of nitrogens with one attached hydrogen (secondary N) is 1. The number of nitrogens with zero attached hydrogens (tertiary/aromatic N) is 1. The summed E-state index contributed by atoms with van der Waals surface area (Å²) in [6.07, 6.45) is -1.42. The molecule has 1 N–H and O–H groups in total. The number of carbonyl (C=O) groups excluding carboxylic acids is 1. The molecule has 0 spiro atoms. The van der Waals surface area contributed by atoms with Crippen molar-refractivity contribution in [2.75, 3.05) is 5.32 Å². The zero-order chi connectivity index (χ0) is 16.4. The lowest BCUT2D eigenvalue weighted by atomic mass is 10.1. The van der Waals surface area contributed by atoms with Crippen molar-refractivity contribution in [3.05, 3.63) is 58.6 Å². The van der Waals surface area contributed by atoms with Crippen molar-refractivity contribution >= 4 is 17.3 Å². The number of nitro benzene ring substituents is 1. The molecule has 2 aromatic carbocycles. The lowest BCUT2D eigenvalue weighted by Gasteiger charge is -2.30. The first kappa shape index (κ1) is 14.8. The summed E-state index contributed by atoms with van der Waals surface area (Å²) in [4.78, 5) is 22.9. The third-order valence-corrected chi connectivity index (χ3v) is 3.46. The molecule has 23 heavy (non-hydrogen) atoms. The Hall–Kier alpha value is -3.09. The topological polar surface area (TPSA) is 90.7 Å². The number of anilines is 1. The number of para-hydroxylation sites is 4. The minimum atomic E-state index is -0.898. The van der Waals surface area contributed by atoms with Crippen LogP contribution < -0.4 is 14.8 Å². The summed E-state index contributed by atoms with van der Waals surface area (Å²) in [5, 5.41) is 13.5. The normalized spacial score (nSPS) is 19.0. The lowest BCUT2D eigenvalue weighted by molar-refractivity contribution is -0.383. The molecule has 2 atom stereocenters. The fourth-order valence-electron chi connectivity index (χ4n) is 2.35. The highest BCUT2D eigenvalue weighted by Gasteiger charge is 2.34. The third-order valence-electron chi connectivity index (χ3n) is 3.46. The summed E-state index contributed by atoms with van der Waals surface area (Å²) in [5.41, 5.74) is -0.0530. The molecule has 0 aromatic heterocycles. The summed E-state index contributed by atoms with van der Waals surface area (Å²) in [6.45, 7) is 1.71. The lowest BCUT2D eigenvalue weighted by Crippen LogP contribution is -2.46. The maximum absolute atomic E-state index is 12.4. The van der Waals surface area contributed by atoms with E-state index in [-0.39, 0.29) is 11.4 Å². The van der Waals surface area contributed by atoms with E-state index >= 15 is 0 Å². The van der Waals surface area contributed by atoms with E-state index in [2.05, 4.69) is 5.32 Å². The van der Waals surface area contributed by atoms with Gasteiger partial charge in [-0.1, -0.05) is 24.3 Å². The van der Waals surface area contributed by atoms with Crippen LogP contribution in [-0.4, -0.2) is 23.0 Å². The fourth-order valence-corrected chi connectivity index (χ4v) is 2.35. The maximum Gasteiger partial charge on any atom is 0.292 e. The van der Waals surface area contributed by atoms with Crippen molar-refractivity contribution in [1.29, 1.82) is 0 Å². The molecule has 3 rings (SSSR count). The SMILES string of the molecule is C[C@@H]1Oc2ccccc2O[C@@H]1C(=O)Nc1ccccc1[N+](=O)[O-]. The Balaban J connectivity index is 1.81. The second kappa shape index (κ2) is 5.96. The van der Waals surface area contributed by atoms with Crippen molar-refractivity contribution in [3.63, 3.8) is 0 Å². The standard InChI is InChI=1S/C16H14N2O5/c1-10-15(23-14-9-5-4-8-13(14)22-10)16(19)17-11-6-2-3-7-12(11)18(20)21/h2-10,15H,1H3,(H,17,19)/t10-,15-/m0/s1. The number of nitro groups is 1. The van der Waals surface area contributed by atoms with Gasteiger partial charge in [0.05, 0.1) is 4.92 Å². The quantitative estimate of drug-likeness (QED) is 0.695. The Kier molecular flexibility index (Phi) is 3.84. The first-order chi connectivity index (χ1) is 11.1. The number of benzene rings is 2. The van der Waals surface area contributed by atoms with Gasteiger partial charge in [0, 0.05) is 6.07 Å². The molecule has 0 unspecified atom stereocenters. The van der Waals surface area contributed by atoms with E-state index in [0.29, 0.717) is 11.5 Å². The van der Waals surface area contributed by atoms with E-state index in [1.807, 2.05) is 6.07 Å². The Labute approximate surface area is 132 Å². The van der Waals surface area contributed by atoms with Crippen LogP contribution in [0.3, 0.4) is 0 Å². The van der Waals surface area contributed by atoms with Gasteiger partial charge < -0.3 is 14.8 Å². The summed E-state index contributed by atoms with van der Waals surface area (Å²) < 4.78 is 11.3. The number of ether oxygens (including phenoxy) is 2. The Morgan fingerprint density at radius 1 is 1.09 bits per heavy atom. The van der Waals surface area contributed by atoms with E-state index in [1.54, 1.807) is 31.2 Å². The number of rotatable bonds is 3. The molecule has 1 aliphatic rings. The first-order valence-electron chi connectivity index (χ1n) is 7.03. The van der Waals surface area contributed by atoms with Gasteiger partial charge in [-0.25, -0.2) is 0 Å². The van der Waals surface area contributed by atoms with Gasteiger partial charge in [0.15, 0.2) is 11.5 Å². The minimum absolute atomic E-state index is 0.122. The highest BCUT2D eigenvalue weighted by atomic mass is 16.6. The van der Waals surface area contributed by atoms with Gasteiger partial charge in [0.25, 0.3) is 11.6 Å². The molecule has 1 aliphatic heterocycles. The van der Waals surface area contributed by atoms with Crippen LogP contribution in [-0.2, 0) is 4.79 Å². The monoisotopic (exact) mass is 314 g/mol. The number of hydrogen-bond donors (Lipinski definition) is 1. The van der Waals surface area contributed by atoms with Crippen molar-refractivity contribution in [2.24, 2.45) is 0 Å². The summed E-state index contributed by atoms with van der Waals surface area (Å²) in [7, 11) is 0.